The molecule has 0 saturated heterocycles. The highest BCUT2D eigenvalue weighted by Crippen LogP contribution is 2.32. The van der Waals surface area contributed by atoms with Crippen LogP contribution in [0.3, 0.4) is 0 Å². The number of hydrogen-bond donors (Lipinski definition) is 3. The molecule has 4 N–H and O–H groups in total. The number of hydrogen-bond acceptors (Lipinski definition) is 7. The SMILES string of the molecule is Cc1nc(-c2ccc(C(N)=O)cc2)sc1C(=O)NC(C)C(O)(Cn1cncn1)c1ccc(F)cc1F. The van der Waals surface area contributed by atoms with Crippen LogP contribution in [0.2, 0.25) is 0 Å². The first kappa shape index (κ1) is 25.1. The number of thiazole rings is 1. The van der Waals surface area contributed by atoms with E-state index in [4.69, 9.17) is 5.73 Å². The van der Waals surface area contributed by atoms with Gasteiger partial charge in [-0.25, -0.2) is 23.4 Å². The zero-order valence-electron chi connectivity index (χ0n) is 19.3. The number of carbonyl (C=O) groups is 2. The van der Waals surface area contributed by atoms with E-state index in [1.54, 1.807) is 31.2 Å². The number of nitrogens with one attached hydrogen (secondary N) is 1. The van der Waals surface area contributed by atoms with Gasteiger partial charge < -0.3 is 16.2 Å². The van der Waals surface area contributed by atoms with E-state index in [-0.39, 0.29) is 12.1 Å². The van der Waals surface area contributed by atoms with Crippen molar-refractivity contribution in [3.63, 3.8) is 0 Å². The Morgan fingerprint density at radius 3 is 2.56 bits per heavy atom. The summed E-state index contributed by atoms with van der Waals surface area (Å²) < 4.78 is 29.6. The molecule has 0 aliphatic carbocycles. The summed E-state index contributed by atoms with van der Waals surface area (Å²) in [6, 6.07) is 8.29. The molecule has 4 rings (SSSR count). The van der Waals surface area contributed by atoms with Crippen LogP contribution >= 0.6 is 11.3 Å². The summed E-state index contributed by atoms with van der Waals surface area (Å²) in [6.07, 6.45) is 2.59. The summed E-state index contributed by atoms with van der Waals surface area (Å²) in [6.45, 7) is 2.92. The number of rotatable bonds is 8. The van der Waals surface area contributed by atoms with E-state index in [1.165, 1.54) is 24.3 Å². The normalized spacial score (nSPS) is 13.7. The number of nitrogens with zero attached hydrogens (tertiary/aromatic N) is 4. The van der Waals surface area contributed by atoms with E-state index in [0.717, 1.165) is 23.5 Å². The molecule has 2 heterocycles. The van der Waals surface area contributed by atoms with Crippen LogP contribution in [-0.2, 0) is 12.1 Å². The number of carbonyl (C=O) groups excluding carboxylic acids is 2. The molecule has 186 valence electrons. The molecule has 0 spiro atoms. The van der Waals surface area contributed by atoms with Crippen LogP contribution in [0.25, 0.3) is 10.6 Å². The van der Waals surface area contributed by atoms with Crippen molar-refractivity contribution < 1.29 is 23.5 Å². The molecule has 2 aromatic carbocycles. The molecular weight excluding hydrogens is 490 g/mol. The van der Waals surface area contributed by atoms with Crippen LogP contribution in [-0.4, -0.2) is 42.7 Å². The summed E-state index contributed by atoms with van der Waals surface area (Å²) in [5.74, 6) is -2.85. The van der Waals surface area contributed by atoms with Crippen molar-refractivity contribution >= 4 is 23.2 Å². The number of primary amides is 1. The highest BCUT2D eigenvalue weighted by atomic mass is 32.1. The van der Waals surface area contributed by atoms with Crippen molar-refractivity contribution in [2.24, 2.45) is 5.73 Å². The van der Waals surface area contributed by atoms with Crippen molar-refractivity contribution in [1.82, 2.24) is 25.1 Å². The number of halogens is 2. The van der Waals surface area contributed by atoms with Gasteiger partial charge in [-0.3, -0.25) is 9.59 Å². The number of nitrogens with two attached hydrogens (primary N) is 1. The van der Waals surface area contributed by atoms with Crippen molar-refractivity contribution in [1.29, 1.82) is 0 Å². The molecule has 12 heteroatoms. The molecule has 36 heavy (non-hydrogen) atoms. The highest BCUT2D eigenvalue weighted by Gasteiger charge is 2.40. The average Bonchev–Trinajstić information content (AvgIpc) is 3.48. The molecule has 2 atom stereocenters. The largest absolute Gasteiger partial charge is 0.381 e. The van der Waals surface area contributed by atoms with Gasteiger partial charge in [-0.15, -0.1) is 11.3 Å². The maximum absolute atomic E-state index is 14.7. The number of aliphatic hydroxyl groups is 1. The zero-order chi connectivity index (χ0) is 26.0. The smallest absolute Gasteiger partial charge is 0.263 e. The van der Waals surface area contributed by atoms with Gasteiger partial charge in [0.1, 0.15) is 39.8 Å². The van der Waals surface area contributed by atoms with E-state index >= 15 is 0 Å². The Labute approximate surface area is 208 Å². The second-order valence-electron chi connectivity index (χ2n) is 8.21. The molecule has 0 saturated carbocycles. The predicted octanol–water partition coefficient (Wildman–Crippen LogP) is 2.79. The first-order chi connectivity index (χ1) is 17.1. The monoisotopic (exact) mass is 512 g/mol. The van der Waals surface area contributed by atoms with Crippen molar-refractivity contribution in [3.8, 4) is 10.6 Å². The van der Waals surface area contributed by atoms with E-state index in [1.807, 2.05) is 0 Å². The van der Waals surface area contributed by atoms with Crippen molar-refractivity contribution in [2.45, 2.75) is 32.0 Å². The van der Waals surface area contributed by atoms with Crippen LogP contribution in [0.15, 0.2) is 55.1 Å². The van der Waals surface area contributed by atoms with E-state index in [9.17, 15) is 23.5 Å². The van der Waals surface area contributed by atoms with Crippen LogP contribution in [0.1, 0.15) is 38.2 Å². The van der Waals surface area contributed by atoms with Gasteiger partial charge in [0.05, 0.1) is 18.3 Å². The fourth-order valence-electron chi connectivity index (χ4n) is 3.75. The standard InChI is InChI=1S/C24H22F2N6O3S/c1-13-20(36-23(30-13)16-5-3-15(4-6-16)21(27)33)22(34)31-14(2)24(35,10-32-12-28-11-29-32)18-8-7-17(25)9-19(18)26/h3-9,11-12,14,35H,10H2,1-2H3,(H2,27,33)(H,31,34). The summed E-state index contributed by atoms with van der Waals surface area (Å²) in [4.78, 5) is 33.1. The van der Waals surface area contributed by atoms with E-state index in [0.29, 0.717) is 32.8 Å². The van der Waals surface area contributed by atoms with Gasteiger partial charge in [0.25, 0.3) is 5.91 Å². The quantitative estimate of drug-likeness (QED) is 0.332. The molecule has 0 bridgehead atoms. The topological polar surface area (TPSA) is 136 Å². The van der Waals surface area contributed by atoms with E-state index < -0.39 is 35.1 Å². The second-order valence-corrected chi connectivity index (χ2v) is 9.21. The minimum absolute atomic E-state index is 0.205. The summed E-state index contributed by atoms with van der Waals surface area (Å²) in [5, 5.41) is 18.8. The van der Waals surface area contributed by atoms with Crippen molar-refractivity contribution in [2.75, 3.05) is 0 Å². The third-order valence-corrected chi connectivity index (χ3v) is 6.96. The molecule has 9 nitrogen and oxygen atoms in total. The predicted molar refractivity (Wildman–Crippen MR) is 128 cm³/mol. The molecule has 0 aliphatic rings. The Kier molecular flexibility index (Phi) is 6.91. The van der Waals surface area contributed by atoms with Gasteiger partial charge in [0.15, 0.2) is 0 Å². The maximum atomic E-state index is 14.7. The first-order valence-electron chi connectivity index (χ1n) is 10.8. The first-order valence-corrected chi connectivity index (χ1v) is 11.6. The van der Waals surface area contributed by atoms with Crippen molar-refractivity contribution in [3.05, 3.63) is 88.5 Å². The van der Waals surface area contributed by atoms with E-state index in [2.05, 4.69) is 20.4 Å². The Balaban J connectivity index is 1.61. The number of aromatic nitrogens is 4. The van der Waals surface area contributed by atoms with Gasteiger partial charge in [0, 0.05) is 22.8 Å². The molecule has 4 aromatic rings. The zero-order valence-corrected chi connectivity index (χ0v) is 20.1. The lowest BCUT2D eigenvalue weighted by atomic mass is 9.86. The van der Waals surface area contributed by atoms with Gasteiger partial charge in [-0.2, -0.15) is 5.10 Å². The lowest BCUT2D eigenvalue weighted by Crippen LogP contribution is -2.51. The molecule has 0 fully saturated rings. The molecular formula is C24H22F2N6O3S. The van der Waals surface area contributed by atoms with Gasteiger partial charge >= 0.3 is 0 Å². The Bertz CT molecular complexity index is 1410. The number of amides is 2. The van der Waals surface area contributed by atoms with Crippen LogP contribution in [0.5, 0.6) is 0 Å². The van der Waals surface area contributed by atoms with Gasteiger partial charge in [-0.05, 0) is 32.0 Å². The van der Waals surface area contributed by atoms with Crippen LogP contribution < -0.4 is 11.1 Å². The molecule has 2 amide bonds. The highest BCUT2D eigenvalue weighted by molar-refractivity contribution is 7.17. The van der Waals surface area contributed by atoms with Gasteiger partial charge in [-0.1, -0.05) is 18.2 Å². The molecule has 2 aromatic heterocycles. The Morgan fingerprint density at radius 2 is 1.94 bits per heavy atom. The maximum Gasteiger partial charge on any atom is 0.263 e. The average molecular weight is 513 g/mol. The lowest BCUT2D eigenvalue weighted by Gasteiger charge is -2.35. The molecule has 0 radical (unpaired) electrons. The Morgan fingerprint density at radius 1 is 1.22 bits per heavy atom. The number of benzene rings is 2. The van der Waals surface area contributed by atoms with Crippen LogP contribution in [0, 0.1) is 18.6 Å². The fourth-order valence-corrected chi connectivity index (χ4v) is 4.72. The minimum atomic E-state index is -1.99. The number of aryl methyl sites for hydroxylation is 1. The fraction of sp³-hybridized carbons (Fsp3) is 0.208. The second kappa shape index (κ2) is 9.91. The third kappa shape index (κ3) is 4.99. The molecule has 0 aliphatic heterocycles. The summed E-state index contributed by atoms with van der Waals surface area (Å²) in [7, 11) is 0. The summed E-state index contributed by atoms with van der Waals surface area (Å²) in [5.41, 5.74) is 4.57. The lowest BCUT2D eigenvalue weighted by molar-refractivity contribution is -0.0185. The molecule has 2 unspecified atom stereocenters. The summed E-state index contributed by atoms with van der Waals surface area (Å²) >= 11 is 1.12. The van der Waals surface area contributed by atoms with Gasteiger partial charge in [0.2, 0.25) is 5.91 Å². The Hall–Kier alpha value is -4.03. The third-order valence-electron chi connectivity index (χ3n) is 5.75. The van der Waals surface area contributed by atoms with Crippen LogP contribution in [0.4, 0.5) is 8.78 Å². The minimum Gasteiger partial charge on any atom is -0.381 e.